The van der Waals surface area contributed by atoms with Crippen LogP contribution in [-0.2, 0) is 16.8 Å². The number of amides is 1. The van der Waals surface area contributed by atoms with Gasteiger partial charge in [-0.15, -0.1) is 11.3 Å². The van der Waals surface area contributed by atoms with Crippen LogP contribution in [0.5, 0.6) is 5.75 Å². The normalized spacial score (nSPS) is 16.0. The summed E-state index contributed by atoms with van der Waals surface area (Å²) in [6.07, 6.45) is 0. The van der Waals surface area contributed by atoms with Gasteiger partial charge < -0.3 is 10.1 Å². The number of thiazole rings is 1. The number of nitrogens with one attached hydrogen (secondary N) is 1. The molecular weight excluding hydrogens is 384 g/mol. The second kappa shape index (κ2) is 9.69. The topological polar surface area (TPSA) is 57.7 Å². The van der Waals surface area contributed by atoms with Crippen LogP contribution in [0.1, 0.15) is 38.4 Å². The van der Waals surface area contributed by atoms with E-state index >= 15 is 0 Å². The highest BCUT2D eigenvalue weighted by Gasteiger charge is 2.22. The molecule has 1 amide bonds. The van der Waals surface area contributed by atoms with Crippen LogP contribution in [0, 0.1) is 0 Å². The Morgan fingerprint density at radius 1 is 1.14 bits per heavy atom. The van der Waals surface area contributed by atoms with E-state index in [1.165, 1.54) is 10.7 Å². The molecule has 29 heavy (non-hydrogen) atoms. The molecule has 1 N–H and O–H groups in total. The summed E-state index contributed by atoms with van der Waals surface area (Å²) >= 11 is 1.75. The fourth-order valence-electron chi connectivity index (χ4n) is 3.23. The number of hydrogen-bond donors (Lipinski definition) is 1. The summed E-state index contributed by atoms with van der Waals surface area (Å²) in [7, 11) is 0. The summed E-state index contributed by atoms with van der Waals surface area (Å²) in [5.41, 5.74) is 2.07. The van der Waals surface area contributed by atoms with Crippen molar-refractivity contribution in [2.24, 2.45) is 0 Å². The average Bonchev–Trinajstić information content (AvgIpc) is 3.14. The molecule has 0 aliphatic carbocycles. The quantitative estimate of drug-likeness (QED) is 0.747. The van der Waals surface area contributed by atoms with Crippen molar-refractivity contribution in [1.29, 1.82) is 0 Å². The first-order valence-electron chi connectivity index (χ1n) is 10.3. The van der Waals surface area contributed by atoms with E-state index < -0.39 is 0 Å². The van der Waals surface area contributed by atoms with Crippen LogP contribution in [0.15, 0.2) is 29.6 Å². The second-order valence-corrected chi connectivity index (χ2v) is 9.38. The molecule has 6 nitrogen and oxygen atoms in total. The van der Waals surface area contributed by atoms with Crippen molar-refractivity contribution < 1.29 is 9.53 Å². The van der Waals surface area contributed by atoms with E-state index in [0.717, 1.165) is 44.2 Å². The number of aromatic nitrogens is 1. The molecule has 0 radical (unpaired) electrons. The molecule has 2 aromatic rings. The zero-order chi connectivity index (χ0) is 20.9. The van der Waals surface area contributed by atoms with E-state index in [0.29, 0.717) is 13.2 Å². The number of ether oxygens (including phenoxy) is 1. The third-order valence-corrected chi connectivity index (χ3v) is 5.79. The summed E-state index contributed by atoms with van der Waals surface area (Å²) in [6.45, 7) is 14.2. The van der Waals surface area contributed by atoms with E-state index in [4.69, 9.17) is 9.72 Å². The number of anilines is 1. The average molecular weight is 417 g/mol. The first-order valence-corrected chi connectivity index (χ1v) is 11.1. The maximum Gasteiger partial charge on any atom is 0.238 e. The Hall–Kier alpha value is -1.96. The van der Waals surface area contributed by atoms with Crippen LogP contribution in [0.4, 0.5) is 5.69 Å². The first-order chi connectivity index (χ1) is 13.8. The molecule has 1 fully saturated rings. The molecule has 1 aliphatic rings. The fourth-order valence-corrected chi connectivity index (χ4v) is 4.29. The highest BCUT2D eigenvalue weighted by Crippen LogP contribution is 2.24. The lowest BCUT2D eigenvalue weighted by molar-refractivity contribution is -0.117. The summed E-state index contributed by atoms with van der Waals surface area (Å²) < 4.78 is 5.43. The van der Waals surface area contributed by atoms with Gasteiger partial charge in [0.15, 0.2) is 0 Å². The molecule has 1 saturated heterocycles. The minimum absolute atomic E-state index is 0.0253. The lowest BCUT2D eigenvalue weighted by Gasteiger charge is -2.33. The minimum atomic E-state index is 0.0253. The van der Waals surface area contributed by atoms with E-state index in [2.05, 4.69) is 41.3 Å². The monoisotopic (exact) mass is 416 g/mol. The molecule has 0 atom stereocenters. The van der Waals surface area contributed by atoms with Crippen molar-refractivity contribution >= 4 is 22.9 Å². The molecule has 1 aromatic carbocycles. The zero-order valence-electron chi connectivity index (χ0n) is 17.9. The Balaban J connectivity index is 1.41. The SMILES string of the molecule is CCOc1ccc(NC(=O)CN2CCN(Cc3nc(C(C)(C)C)cs3)CC2)cc1. The predicted molar refractivity (Wildman–Crippen MR) is 119 cm³/mol. The molecular formula is C22H32N4O2S. The highest BCUT2D eigenvalue weighted by atomic mass is 32.1. The molecule has 158 valence electrons. The standard InChI is InChI=1S/C22H32N4O2S/c1-5-28-18-8-6-17(7-9-18)23-20(27)14-25-10-12-26(13-11-25)15-21-24-19(16-29-21)22(2,3)4/h6-9,16H,5,10-15H2,1-4H3,(H,23,27). The minimum Gasteiger partial charge on any atom is -0.494 e. The van der Waals surface area contributed by atoms with Gasteiger partial charge in [0.2, 0.25) is 5.91 Å². The number of carbonyl (C=O) groups excluding carboxylic acids is 1. The third kappa shape index (κ3) is 6.52. The van der Waals surface area contributed by atoms with E-state index in [1.807, 2.05) is 31.2 Å². The number of hydrogen-bond acceptors (Lipinski definition) is 6. The Morgan fingerprint density at radius 2 is 1.79 bits per heavy atom. The Kier molecular flexibility index (Phi) is 7.27. The van der Waals surface area contributed by atoms with Crippen LogP contribution in [0.2, 0.25) is 0 Å². The van der Waals surface area contributed by atoms with Gasteiger partial charge in [-0.05, 0) is 31.2 Å². The van der Waals surface area contributed by atoms with Crippen LogP contribution >= 0.6 is 11.3 Å². The van der Waals surface area contributed by atoms with Gasteiger partial charge in [-0.3, -0.25) is 14.6 Å². The number of carbonyl (C=O) groups is 1. The molecule has 0 saturated carbocycles. The van der Waals surface area contributed by atoms with Gasteiger partial charge in [0.05, 0.1) is 25.4 Å². The van der Waals surface area contributed by atoms with Gasteiger partial charge in [-0.25, -0.2) is 4.98 Å². The van der Waals surface area contributed by atoms with E-state index in [9.17, 15) is 4.79 Å². The summed E-state index contributed by atoms with van der Waals surface area (Å²) in [6, 6.07) is 7.50. The van der Waals surface area contributed by atoms with Crippen LogP contribution in [0.25, 0.3) is 0 Å². The number of benzene rings is 1. The summed E-state index contributed by atoms with van der Waals surface area (Å²) in [4.78, 5) is 21.8. The van der Waals surface area contributed by atoms with Gasteiger partial charge in [-0.1, -0.05) is 20.8 Å². The molecule has 0 spiro atoms. The summed E-state index contributed by atoms with van der Waals surface area (Å²) in [5.74, 6) is 0.842. The van der Waals surface area contributed by atoms with Crippen molar-refractivity contribution in [3.05, 3.63) is 40.3 Å². The zero-order valence-corrected chi connectivity index (χ0v) is 18.7. The second-order valence-electron chi connectivity index (χ2n) is 8.43. The van der Waals surface area contributed by atoms with E-state index in [1.54, 1.807) is 11.3 Å². The summed E-state index contributed by atoms with van der Waals surface area (Å²) in [5, 5.41) is 6.32. The van der Waals surface area contributed by atoms with Gasteiger partial charge in [0.25, 0.3) is 0 Å². The van der Waals surface area contributed by atoms with Crippen molar-refractivity contribution in [1.82, 2.24) is 14.8 Å². The van der Waals surface area contributed by atoms with Crippen molar-refractivity contribution in [2.45, 2.75) is 39.7 Å². The van der Waals surface area contributed by atoms with Crippen LogP contribution in [0.3, 0.4) is 0 Å². The maximum absolute atomic E-state index is 12.4. The molecule has 3 rings (SSSR count). The van der Waals surface area contributed by atoms with E-state index in [-0.39, 0.29) is 11.3 Å². The Bertz CT molecular complexity index is 790. The first kappa shape index (κ1) is 21.7. The number of rotatable bonds is 7. The lowest BCUT2D eigenvalue weighted by Crippen LogP contribution is -2.48. The van der Waals surface area contributed by atoms with Gasteiger partial charge in [0.1, 0.15) is 10.8 Å². The molecule has 0 unspecified atom stereocenters. The van der Waals surface area contributed by atoms with Crippen LogP contribution < -0.4 is 10.1 Å². The molecule has 0 bridgehead atoms. The van der Waals surface area contributed by atoms with Gasteiger partial charge in [-0.2, -0.15) is 0 Å². The number of nitrogens with zero attached hydrogens (tertiary/aromatic N) is 3. The maximum atomic E-state index is 12.4. The number of piperazine rings is 1. The molecule has 1 aliphatic heterocycles. The van der Waals surface area contributed by atoms with Crippen LogP contribution in [-0.4, -0.2) is 60.0 Å². The van der Waals surface area contributed by atoms with Gasteiger partial charge >= 0.3 is 0 Å². The lowest BCUT2D eigenvalue weighted by atomic mass is 9.93. The van der Waals surface area contributed by atoms with Crippen molar-refractivity contribution in [2.75, 3.05) is 44.6 Å². The fraction of sp³-hybridized carbons (Fsp3) is 0.545. The molecule has 2 heterocycles. The molecule has 1 aromatic heterocycles. The third-order valence-electron chi connectivity index (χ3n) is 4.96. The van der Waals surface area contributed by atoms with Crippen molar-refractivity contribution in [3.63, 3.8) is 0 Å². The Morgan fingerprint density at radius 3 is 2.38 bits per heavy atom. The highest BCUT2D eigenvalue weighted by molar-refractivity contribution is 7.09. The predicted octanol–water partition coefficient (Wildman–Crippen LogP) is 3.60. The smallest absolute Gasteiger partial charge is 0.238 e. The Labute approximate surface area is 177 Å². The molecule has 7 heteroatoms. The van der Waals surface area contributed by atoms with Gasteiger partial charge in [0, 0.05) is 42.7 Å². The van der Waals surface area contributed by atoms with Crippen molar-refractivity contribution in [3.8, 4) is 5.75 Å². The largest absolute Gasteiger partial charge is 0.494 e.